The summed E-state index contributed by atoms with van der Waals surface area (Å²) in [6, 6.07) is 0.320. The molecule has 1 fully saturated rings. The minimum absolute atomic E-state index is 0.123. The van der Waals surface area contributed by atoms with Crippen LogP contribution < -0.4 is 5.73 Å². The van der Waals surface area contributed by atoms with Gasteiger partial charge in [-0.15, -0.1) is 0 Å². The molecule has 2 N–H and O–H groups in total. The standard InChI is InChI=1S/C11H22N2O2/c1-11(2,12)8-13-6-4-5-9(13)7-10(14)15-3/h9H,4-8,12H2,1-3H3. The molecule has 0 spiro atoms. The second kappa shape index (κ2) is 4.94. The van der Waals surface area contributed by atoms with E-state index in [9.17, 15) is 4.79 Å². The minimum atomic E-state index is -0.196. The van der Waals surface area contributed by atoms with Crippen LogP contribution in [0.25, 0.3) is 0 Å². The van der Waals surface area contributed by atoms with Crippen molar-refractivity contribution in [2.75, 3.05) is 20.2 Å². The Bertz CT molecular complexity index is 223. The predicted octanol–water partition coefficient (Wildman–Crippen LogP) is 0.751. The summed E-state index contributed by atoms with van der Waals surface area (Å²) in [6.07, 6.45) is 2.72. The molecule has 0 aromatic carbocycles. The molecule has 0 amide bonds. The summed E-state index contributed by atoms with van der Waals surface area (Å²) in [4.78, 5) is 13.5. The zero-order valence-corrected chi connectivity index (χ0v) is 9.95. The van der Waals surface area contributed by atoms with Gasteiger partial charge in [-0.3, -0.25) is 9.69 Å². The maximum Gasteiger partial charge on any atom is 0.307 e. The van der Waals surface area contributed by atoms with Crippen LogP contribution in [0.2, 0.25) is 0 Å². The van der Waals surface area contributed by atoms with Crippen LogP contribution in [0.3, 0.4) is 0 Å². The maximum atomic E-state index is 11.2. The van der Waals surface area contributed by atoms with E-state index in [1.807, 2.05) is 13.8 Å². The number of hydrogen-bond donors (Lipinski definition) is 1. The molecule has 1 aliphatic heterocycles. The molecular weight excluding hydrogens is 192 g/mol. The fourth-order valence-electron chi connectivity index (χ4n) is 2.13. The van der Waals surface area contributed by atoms with E-state index < -0.39 is 0 Å². The average Bonchev–Trinajstić information content (AvgIpc) is 2.50. The largest absolute Gasteiger partial charge is 0.469 e. The highest BCUT2D eigenvalue weighted by Gasteiger charge is 2.29. The molecule has 0 bridgehead atoms. The fourth-order valence-corrected chi connectivity index (χ4v) is 2.13. The van der Waals surface area contributed by atoms with Crippen LogP contribution in [0, 0.1) is 0 Å². The first-order valence-corrected chi connectivity index (χ1v) is 5.52. The van der Waals surface area contributed by atoms with E-state index in [1.165, 1.54) is 7.11 Å². The van der Waals surface area contributed by atoms with Gasteiger partial charge in [0.15, 0.2) is 0 Å². The summed E-state index contributed by atoms with van der Waals surface area (Å²) >= 11 is 0. The van der Waals surface area contributed by atoms with Gasteiger partial charge < -0.3 is 10.5 Å². The fraction of sp³-hybridized carbons (Fsp3) is 0.909. The highest BCUT2D eigenvalue weighted by Crippen LogP contribution is 2.21. The highest BCUT2D eigenvalue weighted by molar-refractivity contribution is 5.69. The van der Waals surface area contributed by atoms with Gasteiger partial charge in [-0.05, 0) is 33.2 Å². The number of ether oxygens (including phenoxy) is 1. The zero-order valence-electron chi connectivity index (χ0n) is 9.95. The lowest BCUT2D eigenvalue weighted by Crippen LogP contribution is -2.47. The zero-order chi connectivity index (χ0) is 11.5. The molecule has 0 saturated carbocycles. The van der Waals surface area contributed by atoms with Crippen LogP contribution in [-0.2, 0) is 9.53 Å². The Morgan fingerprint density at radius 3 is 2.80 bits per heavy atom. The van der Waals surface area contributed by atoms with Gasteiger partial charge in [-0.1, -0.05) is 0 Å². The van der Waals surface area contributed by atoms with Crippen molar-refractivity contribution >= 4 is 5.97 Å². The molecule has 0 aliphatic carbocycles. The van der Waals surface area contributed by atoms with E-state index in [-0.39, 0.29) is 11.5 Å². The number of esters is 1. The van der Waals surface area contributed by atoms with Crippen LogP contribution in [0.4, 0.5) is 0 Å². The summed E-state index contributed by atoms with van der Waals surface area (Å²) in [7, 11) is 1.44. The number of methoxy groups -OCH3 is 1. The monoisotopic (exact) mass is 214 g/mol. The van der Waals surface area contributed by atoms with E-state index in [4.69, 9.17) is 10.5 Å². The third-order valence-electron chi connectivity index (χ3n) is 2.74. The number of carbonyl (C=O) groups is 1. The molecule has 1 saturated heterocycles. The van der Waals surface area contributed by atoms with Gasteiger partial charge in [0, 0.05) is 18.1 Å². The summed E-state index contributed by atoms with van der Waals surface area (Å²) in [5.74, 6) is -0.123. The second-order valence-electron chi connectivity index (χ2n) is 5.04. The first kappa shape index (κ1) is 12.5. The second-order valence-corrected chi connectivity index (χ2v) is 5.04. The number of likely N-dealkylation sites (tertiary alicyclic amines) is 1. The summed E-state index contributed by atoms with van der Waals surface area (Å²) < 4.78 is 4.69. The Balaban J connectivity index is 2.46. The van der Waals surface area contributed by atoms with E-state index in [0.717, 1.165) is 25.9 Å². The van der Waals surface area contributed by atoms with Crippen LogP contribution in [-0.4, -0.2) is 42.6 Å². The van der Waals surface area contributed by atoms with Gasteiger partial charge in [-0.2, -0.15) is 0 Å². The quantitative estimate of drug-likeness (QED) is 0.702. The Morgan fingerprint density at radius 2 is 2.27 bits per heavy atom. The molecule has 0 aromatic rings. The molecule has 1 atom stereocenters. The molecule has 1 rings (SSSR count). The third kappa shape index (κ3) is 4.18. The molecule has 15 heavy (non-hydrogen) atoms. The van der Waals surface area contributed by atoms with Crippen molar-refractivity contribution in [2.45, 2.75) is 44.7 Å². The number of nitrogens with two attached hydrogens (primary N) is 1. The molecule has 1 aliphatic rings. The van der Waals surface area contributed by atoms with Gasteiger partial charge in [0.25, 0.3) is 0 Å². The van der Waals surface area contributed by atoms with E-state index in [1.54, 1.807) is 0 Å². The Hall–Kier alpha value is -0.610. The molecule has 0 aromatic heterocycles. The number of carbonyl (C=O) groups excluding carboxylic acids is 1. The smallest absolute Gasteiger partial charge is 0.307 e. The predicted molar refractivity (Wildman–Crippen MR) is 59.5 cm³/mol. The normalized spacial score (nSPS) is 23.1. The maximum absolute atomic E-state index is 11.2. The molecule has 4 heteroatoms. The summed E-state index contributed by atoms with van der Waals surface area (Å²) in [6.45, 7) is 5.91. The van der Waals surface area contributed by atoms with E-state index in [2.05, 4.69) is 4.90 Å². The molecule has 1 heterocycles. The van der Waals surface area contributed by atoms with E-state index >= 15 is 0 Å². The minimum Gasteiger partial charge on any atom is -0.469 e. The lowest BCUT2D eigenvalue weighted by atomic mass is 10.1. The van der Waals surface area contributed by atoms with Crippen molar-refractivity contribution in [1.82, 2.24) is 4.90 Å². The van der Waals surface area contributed by atoms with Crippen LogP contribution in [0.15, 0.2) is 0 Å². The molecule has 88 valence electrons. The summed E-state index contributed by atoms with van der Waals surface area (Å²) in [5, 5.41) is 0. The summed E-state index contributed by atoms with van der Waals surface area (Å²) in [5.41, 5.74) is 5.79. The Kier molecular flexibility index (Phi) is 4.11. The van der Waals surface area contributed by atoms with E-state index in [0.29, 0.717) is 12.5 Å². The molecule has 1 unspecified atom stereocenters. The lowest BCUT2D eigenvalue weighted by Gasteiger charge is -2.30. The lowest BCUT2D eigenvalue weighted by molar-refractivity contribution is -0.141. The SMILES string of the molecule is COC(=O)CC1CCCN1CC(C)(C)N. The van der Waals surface area contributed by atoms with Crippen molar-refractivity contribution in [3.63, 3.8) is 0 Å². The number of rotatable bonds is 4. The first-order chi connectivity index (χ1) is 6.92. The molecular formula is C11H22N2O2. The van der Waals surface area contributed by atoms with Crippen molar-refractivity contribution in [2.24, 2.45) is 5.73 Å². The number of hydrogen-bond acceptors (Lipinski definition) is 4. The van der Waals surface area contributed by atoms with Gasteiger partial charge in [0.2, 0.25) is 0 Å². The molecule has 0 radical (unpaired) electrons. The van der Waals surface area contributed by atoms with Crippen molar-refractivity contribution in [3.05, 3.63) is 0 Å². The van der Waals surface area contributed by atoms with Crippen LogP contribution in [0.5, 0.6) is 0 Å². The first-order valence-electron chi connectivity index (χ1n) is 5.52. The average molecular weight is 214 g/mol. The Labute approximate surface area is 91.8 Å². The molecule has 4 nitrogen and oxygen atoms in total. The highest BCUT2D eigenvalue weighted by atomic mass is 16.5. The van der Waals surface area contributed by atoms with Crippen molar-refractivity contribution in [3.8, 4) is 0 Å². The topological polar surface area (TPSA) is 55.6 Å². The van der Waals surface area contributed by atoms with Gasteiger partial charge >= 0.3 is 5.97 Å². The van der Waals surface area contributed by atoms with Crippen molar-refractivity contribution < 1.29 is 9.53 Å². The van der Waals surface area contributed by atoms with Gasteiger partial charge in [0.05, 0.1) is 13.5 Å². The van der Waals surface area contributed by atoms with Gasteiger partial charge in [-0.25, -0.2) is 0 Å². The van der Waals surface area contributed by atoms with Gasteiger partial charge in [0.1, 0.15) is 0 Å². The van der Waals surface area contributed by atoms with Crippen LogP contribution >= 0.6 is 0 Å². The Morgan fingerprint density at radius 1 is 1.60 bits per heavy atom. The van der Waals surface area contributed by atoms with Crippen LogP contribution in [0.1, 0.15) is 33.1 Å². The van der Waals surface area contributed by atoms with Crippen molar-refractivity contribution in [1.29, 1.82) is 0 Å². The number of nitrogens with zero attached hydrogens (tertiary/aromatic N) is 1. The third-order valence-corrected chi connectivity index (χ3v) is 2.74.